The van der Waals surface area contributed by atoms with Gasteiger partial charge < -0.3 is 15.4 Å². The fourth-order valence-corrected chi connectivity index (χ4v) is 5.32. The van der Waals surface area contributed by atoms with Gasteiger partial charge >= 0.3 is 6.03 Å². The summed E-state index contributed by atoms with van der Waals surface area (Å²) >= 11 is 0. The summed E-state index contributed by atoms with van der Waals surface area (Å²) in [6, 6.07) is 19.9. The maximum Gasteiger partial charge on any atom is 0.319 e. The maximum atomic E-state index is 12.9. The van der Waals surface area contributed by atoms with Gasteiger partial charge in [0.05, 0.1) is 24.6 Å². The van der Waals surface area contributed by atoms with E-state index >= 15 is 0 Å². The third kappa shape index (κ3) is 5.05. The fraction of sp³-hybridized carbons (Fsp3) is 0.300. The Morgan fingerprint density at radius 1 is 1.00 bits per heavy atom. The molecule has 2 N–H and O–H groups in total. The Morgan fingerprint density at radius 2 is 1.82 bits per heavy atom. The molecule has 3 heterocycles. The van der Waals surface area contributed by atoms with Crippen LogP contribution in [0.15, 0.2) is 73.1 Å². The van der Waals surface area contributed by atoms with Crippen LogP contribution in [0.25, 0.3) is 21.9 Å². The average Bonchev–Trinajstić information content (AvgIpc) is 3.50. The monoisotopic (exact) mass is 509 g/mol. The molecule has 2 unspecified atom stereocenters. The zero-order valence-electron chi connectivity index (χ0n) is 21.4. The van der Waals surface area contributed by atoms with Gasteiger partial charge in [-0.25, -0.2) is 4.79 Å². The minimum atomic E-state index is -0.245. The summed E-state index contributed by atoms with van der Waals surface area (Å²) in [4.78, 5) is 31.8. The van der Waals surface area contributed by atoms with Gasteiger partial charge in [0.25, 0.3) is 0 Å². The molecule has 4 aromatic rings. The largest absolute Gasteiger partial charge is 0.379 e. The first-order chi connectivity index (χ1) is 18.6. The summed E-state index contributed by atoms with van der Waals surface area (Å²) in [6.45, 7) is 5.79. The molecule has 2 fully saturated rings. The maximum absolute atomic E-state index is 12.9. The smallest absolute Gasteiger partial charge is 0.319 e. The van der Waals surface area contributed by atoms with Crippen molar-refractivity contribution in [3.8, 4) is 11.1 Å². The number of urea groups is 1. The molecule has 1 aliphatic heterocycles. The standard InChI is InChI=1S/C30H31N5O3/c1-20(36)35-12-4-7-29(35)26-17-28(26)33-30(37)32-27-11-10-23(24-5-2-3-6-25(24)27)21-8-9-22(31-18-21)19-34-13-15-38-16-14-34/h2-12,18,26,28H,13-17,19H2,1H3,(H2,32,33,37). The predicted molar refractivity (Wildman–Crippen MR) is 147 cm³/mol. The summed E-state index contributed by atoms with van der Waals surface area (Å²) in [7, 11) is 0. The highest BCUT2D eigenvalue weighted by Gasteiger charge is 2.41. The lowest BCUT2D eigenvalue weighted by Gasteiger charge is -2.26. The van der Waals surface area contributed by atoms with Crippen LogP contribution in [-0.4, -0.2) is 58.7 Å². The van der Waals surface area contributed by atoms with E-state index in [0.717, 1.165) is 78.2 Å². The highest BCUT2D eigenvalue weighted by molar-refractivity contribution is 6.07. The van der Waals surface area contributed by atoms with Crippen molar-refractivity contribution in [1.82, 2.24) is 19.8 Å². The van der Waals surface area contributed by atoms with Gasteiger partial charge in [-0.15, -0.1) is 0 Å². The number of carbonyl (C=O) groups excluding carboxylic acids is 2. The van der Waals surface area contributed by atoms with E-state index in [1.165, 1.54) is 0 Å². The molecule has 2 aliphatic rings. The minimum Gasteiger partial charge on any atom is -0.379 e. The lowest BCUT2D eigenvalue weighted by molar-refractivity contribution is 0.0336. The lowest BCUT2D eigenvalue weighted by Crippen LogP contribution is -2.35. The van der Waals surface area contributed by atoms with Gasteiger partial charge in [0, 0.05) is 67.6 Å². The third-order valence-corrected chi connectivity index (χ3v) is 7.40. The van der Waals surface area contributed by atoms with Crippen LogP contribution in [-0.2, 0) is 11.3 Å². The van der Waals surface area contributed by atoms with Crippen LogP contribution >= 0.6 is 0 Å². The van der Waals surface area contributed by atoms with Crippen molar-refractivity contribution in [3.05, 3.63) is 84.4 Å². The molecule has 6 rings (SSSR count). The molecule has 194 valence electrons. The van der Waals surface area contributed by atoms with Gasteiger partial charge in [0.15, 0.2) is 0 Å². The number of aromatic nitrogens is 2. The van der Waals surface area contributed by atoms with E-state index < -0.39 is 0 Å². The van der Waals surface area contributed by atoms with Gasteiger partial charge in [-0.2, -0.15) is 0 Å². The normalized spacial score (nSPS) is 19.3. The molecular weight excluding hydrogens is 478 g/mol. The summed E-state index contributed by atoms with van der Waals surface area (Å²) in [5.41, 5.74) is 4.86. The number of hydrogen-bond donors (Lipinski definition) is 2. The van der Waals surface area contributed by atoms with E-state index in [1.54, 1.807) is 17.7 Å². The molecule has 8 heteroatoms. The van der Waals surface area contributed by atoms with Crippen molar-refractivity contribution in [2.75, 3.05) is 31.6 Å². The second-order valence-corrected chi connectivity index (χ2v) is 10.0. The number of pyridine rings is 1. The Balaban J connectivity index is 1.15. The first kappa shape index (κ1) is 24.3. The number of fused-ring (bicyclic) bond motifs is 1. The van der Waals surface area contributed by atoms with E-state index in [2.05, 4.69) is 33.7 Å². The van der Waals surface area contributed by atoms with Crippen LogP contribution in [0.4, 0.5) is 10.5 Å². The first-order valence-electron chi connectivity index (χ1n) is 13.1. The quantitative estimate of drug-likeness (QED) is 0.387. The van der Waals surface area contributed by atoms with Gasteiger partial charge in [-0.1, -0.05) is 36.4 Å². The van der Waals surface area contributed by atoms with Crippen LogP contribution in [0, 0.1) is 0 Å². The van der Waals surface area contributed by atoms with Crippen LogP contribution in [0.1, 0.15) is 35.4 Å². The summed E-state index contributed by atoms with van der Waals surface area (Å²) in [5, 5.41) is 8.12. The zero-order valence-corrected chi connectivity index (χ0v) is 21.4. The molecule has 0 spiro atoms. The van der Waals surface area contributed by atoms with E-state index in [1.807, 2.05) is 48.7 Å². The van der Waals surface area contributed by atoms with E-state index in [0.29, 0.717) is 0 Å². The Hall–Kier alpha value is -4.01. The molecule has 8 nitrogen and oxygen atoms in total. The topological polar surface area (TPSA) is 88.5 Å². The molecule has 0 radical (unpaired) electrons. The van der Waals surface area contributed by atoms with E-state index in [9.17, 15) is 9.59 Å². The number of nitrogens with one attached hydrogen (secondary N) is 2. The van der Waals surface area contributed by atoms with Gasteiger partial charge in [0.1, 0.15) is 0 Å². The fourth-order valence-electron chi connectivity index (χ4n) is 5.32. The van der Waals surface area contributed by atoms with E-state index in [-0.39, 0.29) is 23.9 Å². The Labute approximate surface area is 221 Å². The number of anilines is 1. The lowest BCUT2D eigenvalue weighted by atomic mass is 9.98. The number of hydrogen-bond acceptors (Lipinski definition) is 5. The van der Waals surface area contributed by atoms with Crippen molar-refractivity contribution in [1.29, 1.82) is 0 Å². The minimum absolute atomic E-state index is 0.00980. The second-order valence-electron chi connectivity index (χ2n) is 10.0. The van der Waals surface area contributed by atoms with Crippen molar-refractivity contribution in [2.24, 2.45) is 0 Å². The average molecular weight is 510 g/mol. The van der Waals surface area contributed by atoms with Gasteiger partial charge in [0.2, 0.25) is 5.91 Å². The van der Waals surface area contributed by atoms with Crippen molar-refractivity contribution in [2.45, 2.75) is 31.8 Å². The highest BCUT2D eigenvalue weighted by Crippen LogP contribution is 2.41. The molecule has 38 heavy (non-hydrogen) atoms. The summed E-state index contributed by atoms with van der Waals surface area (Å²) < 4.78 is 7.09. The van der Waals surface area contributed by atoms with Gasteiger partial charge in [-0.05, 0) is 41.6 Å². The number of morpholine rings is 1. The van der Waals surface area contributed by atoms with Crippen LogP contribution in [0.2, 0.25) is 0 Å². The Bertz CT molecular complexity index is 1470. The Kier molecular flexibility index (Phi) is 6.66. The molecule has 2 aromatic carbocycles. The number of ether oxygens (including phenoxy) is 1. The third-order valence-electron chi connectivity index (χ3n) is 7.40. The highest BCUT2D eigenvalue weighted by atomic mass is 16.5. The van der Waals surface area contributed by atoms with Crippen LogP contribution in [0.3, 0.4) is 0 Å². The van der Waals surface area contributed by atoms with Crippen molar-refractivity contribution in [3.63, 3.8) is 0 Å². The molecule has 2 aromatic heterocycles. The molecule has 2 atom stereocenters. The predicted octanol–water partition coefficient (Wildman–Crippen LogP) is 4.87. The molecule has 2 amide bonds. The summed E-state index contributed by atoms with van der Waals surface area (Å²) in [5.74, 6) is 0.131. The molecule has 1 saturated heterocycles. The molecule has 1 aliphatic carbocycles. The van der Waals surface area contributed by atoms with Crippen LogP contribution in [0.5, 0.6) is 0 Å². The Morgan fingerprint density at radius 3 is 2.58 bits per heavy atom. The SMILES string of the molecule is CC(=O)n1cccc1C1CC1NC(=O)Nc1ccc(-c2ccc(CN3CCOCC3)nc2)c2ccccc12. The number of rotatable bonds is 6. The number of nitrogens with zero attached hydrogens (tertiary/aromatic N) is 3. The number of amides is 2. The molecular formula is C30H31N5O3. The number of carbonyl (C=O) groups is 2. The van der Waals surface area contributed by atoms with Crippen molar-refractivity contribution >= 4 is 28.4 Å². The molecule has 1 saturated carbocycles. The summed E-state index contributed by atoms with van der Waals surface area (Å²) in [6.07, 6.45) is 4.52. The first-order valence-corrected chi connectivity index (χ1v) is 13.1. The second kappa shape index (κ2) is 10.4. The number of benzene rings is 2. The van der Waals surface area contributed by atoms with Crippen molar-refractivity contribution < 1.29 is 14.3 Å². The van der Waals surface area contributed by atoms with E-state index in [4.69, 9.17) is 9.72 Å². The van der Waals surface area contributed by atoms with Gasteiger partial charge in [-0.3, -0.25) is 19.2 Å². The molecule has 0 bridgehead atoms. The zero-order chi connectivity index (χ0) is 26.1. The van der Waals surface area contributed by atoms with Crippen LogP contribution < -0.4 is 10.6 Å².